The highest BCUT2D eigenvalue weighted by Gasteiger charge is 2.11. The summed E-state index contributed by atoms with van der Waals surface area (Å²) in [5.74, 6) is -0.753. The largest absolute Gasteiger partial charge is 0.296 e. The van der Waals surface area contributed by atoms with Gasteiger partial charge in [-0.15, -0.1) is 11.3 Å². The van der Waals surface area contributed by atoms with E-state index in [1.165, 1.54) is 29.5 Å². The molecule has 0 fully saturated rings. The van der Waals surface area contributed by atoms with Gasteiger partial charge in [0.15, 0.2) is 5.13 Å². The molecule has 0 radical (unpaired) electrons. The van der Waals surface area contributed by atoms with Crippen LogP contribution in [-0.4, -0.2) is 21.1 Å². The Morgan fingerprint density at radius 1 is 1.26 bits per heavy atom. The van der Waals surface area contributed by atoms with Crippen molar-refractivity contribution in [2.24, 2.45) is 0 Å². The minimum atomic E-state index is -0.479. The van der Waals surface area contributed by atoms with E-state index < -0.39 is 5.91 Å². The molecule has 0 spiro atoms. The maximum absolute atomic E-state index is 13.6. The zero-order valence-corrected chi connectivity index (χ0v) is 12.6. The highest BCUT2D eigenvalue weighted by atomic mass is 32.1. The molecule has 0 saturated carbocycles. The van der Waals surface area contributed by atoms with Crippen molar-refractivity contribution in [3.05, 3.63) is 74.9 Å². The number of rotatable bonds is 4. The highest BCUT2D eigenvalue weighted by Crippen LogP contribution is 2.22. The maximum atomic E-state index is 13.6. The zero-order chi connectivity index (χ0) is 16.2. The molecule has 0 aliphatic carbocycles. The summed E-state index contributed by atoms with van der Waals surface area (Å²) in [5.41, 5.74) is 0.259. The molecule has 3 rings (SSSR count). The van der Waals surface area contributed by atoms with Crippen LogP contribution in [0.1, 0.15) is 20.9 Å². The van der Waals surface area contributed by atoms with Crippen LogP contribution in [0.2, 0.25) is 0 Å². The van der Waals surface area contributed by atoms with Crippen molar-refractivity contribution in [3.63, 3.8) is 0 Å². The molecule has 116 valence electrons. The quantitative estimate of drug-likeness (QED) is 0.768. The molecule has 6 nitrogen and oxygen atoms in total. The Hall–Kier alpha value is -2.87. The molecule has 0 atom stereocenters. The predicted octanol–water partition coefficient (Wildman–Crippen LogP) is 2.21. The number of carbonyl (C=O) groups excluding carboxylic acids is 1. The lowest BCUT2D eigenvalue weighted by Gasteiger charge is -2.00. The third-order valence-electron chi connectivity index (χ3n) is 3.01. The number of hydrogen-bond donors (Lipinski definition) is 2. The second kappa shape index (κ2) is 6.49. The molecule has 1 aromatic carbocycles. The van der Waals surface area contributed by atoms with Gasteiger partial charge in [0, 0.05) is 23.6 Å². The summed E-state index contributed by atoms with van der Waals surface area (Å²) in [5, 5.41) is 8.80. The number of thiazole rings is 1. The van der Waals surface area contributed by atoms with Crippen LogP contribution in [0, 0.1) is 5.82 Å². The molecule has 0 aliphatic rings. The van der Waals surface area contributed by atoms with Gasteiger partial charge >= 0.3 is 0 Å². The van der Waals surface area contributed by atoms with E-state index in [1.807, 2.05) is 0 Å². The van der Waals surface area contributed by atoms with Crippen LogP contribution in [0.4, 0.5) is 9.52 Å². The number of aromatic nitrogens is 3. The number of carbonyl (C=O) groups is 1. The fourth-order valence-electron chi connectivity index (χ4n) is 1.91. The van der Waals surface area contributed by atoms with E-state index in [0.717, 1.165) is 4.88 Å². The van der Waals surface area contributed by atoms with E-state index in [1.54, 1.807) is 24.4 Å². The molecular formula is C15H11FN4O2S. The summed E-state index contributed by atoms with van der Waals surface area (Å²) in [6, 6.07) is 9.05. The fourth-order valence-corrected chi connectivity index (χ4v) is 2.74. The number of H-pyrrole nitrogens is 1. The maximum Gasteiger partial charge on any atom is 0.277 e. The molecule has 0 unspecified atom stereocenters. The predicted molar refractivity (Wildman–Crippen MR) is 84.1 cm³/mol. The Balaban J connectivity index is 1.70. The number of hydrogen-bond acceptors (Lipinski definition) is 5. The van der Waals surface area contributed by atoms with Crippen LogP contribution in [0.3, 0.4) is 0 Å². The second-order valence-corrected chi connectivity index (χ2v) is 5.78. The average Bonchev–Trinajstić information content (AvgIpc) is 2.97. The van der Waals surface area contributed by atoms with Crippen molar-refractivity contribution >= 4 is 22.4 Å². The van der Waals surface area contributed by atoms with Gasteiger partial charge in [0.05, 0.1) is 0 Å². The van der Waals surface area contributed by atoms with E-state index >= 15 is 0 Å². The molecule has 3 aromatic rings. The summed E-state index contributed by atoms with van der Waals surface area (Å²) in [6.07, 6.45) is 1.99. The van der Waals surface area contributed by atoms with E-state index in [-0.39, 0.29) is 17.1 Å². The number of halogens is 1. The Labute approximate surface area is 134 Å². The third kappa shape index (κ3) is 3.67. The van der Waals surface area contributed by atoms with E-state index in [9.17, 15) is 14.0 Å². The van der Waals surface area contributed by atoms with Crippen LogP contribution in [0.25, 0.3) is 0 Å². The summed E-state index contributed by atoms with van der Waals surface area (Å²) >= 11 is 1.25. The lowest BCUT2D eigenvalue weighted by Crippen LogP contribution is -2.17. The Kier molecular flexibility index (Phi) is 4.24. The second-order valence-electron chi connectivity index (χ2n) is 4.66. The van der Waals surface area contributed by atoms with Crippen LogP contribution >= 0.6 is 11.3 Å². The highest BCUT2D eigenvalue weighted by molar-refractivity contribution is 7.15. The van der Waals surface area contributed by atoms with Gasteiger partial charge < -0.3 is 0 Å². The molecule has 0 aliphatic heterocycles. The normalized spacial score (nSPS) is 10.5. The van der Waals surface area contributed by atoms with E-state index in [0.29, 0.717) is 17.1 Å². The lowest BCUT2D eigenvalue weighted by molar-refractivity contribution is 0.102. The van der Waals surface area contributed by atoms with Crippen molar-refractivity contribution in [2.75, 3.05) is 5.32 Å². The topological polar surface area (TPSA) is 87.7 Å². The van der Waals surface area contributed by atoms with Crippen molar-refractivity contribution < 1.29 is 9.18 Å². The smallest absolute Gasteiger partial charge is 0.277 e. The summed E-state index contributed by atoms with van der Waals surface area (Å²) in [7, 11) is 0. The number of nitrogens with zero attached hydrogens (tertiary/aromatic N) is 2. The molecule has 0 bridgehead atoms. The van der Waals surface area contributed by atoms with Gasteiger partial charge in [-0.05, 0) is 17.7 Å². The number of amides is 1. The molecule has 8 heteroatoms. The van der Waals surface area contributed by atoms with E-state index in [4.69, 9.17) is 0 Å². The molecule has 2 aromatic heterocycles. The first kappa shape index (κ1) is 15.0. The first-order chi connectivity index (χ1) is 11.1. The number of aromatic amines is 1. The van der Waals surface area contributed by atoms with Crippen LogP contribution in [-0.2, 0) is 6.42 Å². The molecule has 0 saturated heterocycles. The molecular weight excluding hydrogens is 319 g/mol. The van der Waals surface area contributed by atoms with Crippen LogP contribution < -0.4 is 10.9 Å². The molecule has 2 heterocycles. The minimum absolute atomic E-state index is 0.0791. The van der Waals surface area contributed by atoms with Crippen molar-refractivity contribution in [3.8, 4) is 0 Å². The lowest BCUT2D eigenvalue weighted by atomic mass is 10.1. The van der Waals surface area contributed by atoms with Crippen LogP contribution in [0.5, 0.6) is 0 Å². The number of nitrogens with one attached hydrogen (secondary N) is 2. The molecule has 1 amide bonds. The summed E-state index contributed by atoms with van der Waals surface area (Å²) in [6.45, 7) is 0. The SMILES string of the molecule is O=C(Nc1ncc(Cc2ccccc2F)s1)c1ccc(=O)[nH]n1. The van der Waals surface area contributed by atoms with E-state index in [2.05, 4.69) is 20.5 Å². The molecule has 2 N–H and O–H groups in total. The van der Waals surface area contributed by atoms with Gasteiger partial charge in [-0.25, -0.2) is 14.5 Å². The van der Waals surface area contributed by atoms with Crippen molar-refractivity contribution in [1.29, 1.82) is 0 Å². The first-order valence-electron chi connectivity index (χ1n) is 6.67. The number of benzene rings is 1. The van der Waals surface area contributed by atoms with Gasteiger partial charge in [0.25, 0.3) is 11.5 Å². The van der Waals surface area contributed by atoms with Gasteiger partial charge in [-0.2, -0.15) is 5.10 Å². The summed E-state index contributed by atoms with van der Waals surface area (Å²) < 4.78 is 13.6. The summed E-state index contributed by atoms with van der Waals surface area (Å²) in [4.78, 5) is 27.8. The first-order valence-corrected chi connectivity index (χ1v) is 7.48. The monoisotopic (exact) mass is 330 g/mol. The zero-order valence-electron chi connectivity index (χ0n) is 11.7. The Bertz CT molecular complexity index is 886. The third-order valence-corrected chi connectivity index (χ3v) is 3.92. The average molecular weight is 330 g/mol. The Morgan fingerprint density at radius 2 is 2.09 bits per heavy atom. The number of anilines is 1. The van der Waals surface area contributed by atoms with Crippen molar-refractivity contribution in [2.45, 2.75) is 6.42 Å². The minimum Gasteiger partial charge on any atom is -0.296 e. The van der Waals surface area contributed by atoms with Gasteiger partial charge in [0.1, 0.15) is 11.5 Å². The fraction of sp³-hybridized carbons (Fsp3) is 0.0667. The molecule has 23 heavy (non-hydrogen) atoms. The van der Waals surface area contributed by atoms with Crippen LogP contribution in [0.15, 0.2) is 47.4 Å². The van der Waals surface area contributed by atoms with Gasteiger partial charge in [0.2, 0.25) is 0 Å². The Morgan fingerprint density at radius 3 is 2.83 bits per heavy atom. The van der Waals surface area contributed by atoms with Gasteiger partial charge in [-0.1, -0.05) is 18.2 Å². The van der Waals surface area contributed by atoms with Gasteiger partial charge in [-0.3, -0.25) is 14.9 Å². The standard InChI is InChI=1S/C15H11FN4O2S/c16-11-4-2-1-3-9(11)7-10-8-17-15(23-10)18-14(22)12-5-6-13(21)20-19-12/h1-6,8H,7H2,(H,20,21)(H,17,18,22). The van der Waals surface area contributed by atoms with Crippen molar-refractivity contribution in [1.82, 2.24) is 15.2 Å².